The molecule has 0 saturated carbocycles. The fraction of sp³-hybridized carbons (Fsp3) is 0.0909. The van der Waals surface area contributed by atoms with Gasteiger partial charge in [-0.1, -0.05) is 41.9 Å². The third-order valence-corrected chi connectivity index (χ3v) is 4.36. The Morgan fingerprint density at radius 2 is 1.64 bits per heavy atom. The van der Waals surface area contributed by atoms with Crippen molar-refractivity contribution < 1.29 is 14.3 Å². The Morgan fingerprint density at radius 3 is 2.32 bits per heavy atom. The van der Waals surface area contributed by atoms with E-state index in [1.54, 1.807) is 43.5 Å². The van der Waals surface area contributed by atoms with Crippen molar-refractivity contribution in [2.24, 2.45) is 0 Å². The molecule has 0 fully saturated rings. The third-order valence-electron chi connectivity index (χ3n) is 4.12. The van der Waals surface area contributed by atoms with Crippen molar-refractivity contribution in [3.8, 4) is 5.75 Å². The van der Waals surface area contributed by atoms with Crippen molar-refractivity contribution in [3.63, 3.8) is 0 Å². The monoisotopic (exact) mass is 394 g/mol. The van der Waals surface area contributed by atoms with Crippen molar-refractivity contribution in [2.75, 3.05) is 12.4 Å². The first kappa shape index (κ1) is 19.5. The smallest absolute Gasteiger partial charge is 0.255 e. The summed E-state index contributed by atoms with van der Waals surface area (Å²) in [5, 5.41) is 6.03. The highest BCUT2D eigenvalue weighted by Gasteiger charge is 2.15. The topological polar surface area (TPSA) is 67.4 Å². The molecule has 0 atom stereocenters. The molecule has 0 spiro atoms. The lowest BCUT2D eigenvalue weighted by Crippen LogP contribution is -2.25. The van der Waals surface area contributed by atoms with E-state index in [2.05, 4.69) is 10.6 Å². The Morgan fingerprint density at radius 1 is 0.929 bits per heavy atom. The second kappa shape index (κ2) is 9.06. The molecule has 2 N–H and O–H groups in total. The van der Waals surface area contributed by atoms with Crippen molar-refractivity contribution in [1.29, 1.82) is 0 Å². The summed E-state index contributed by atoms with van der Waals surface area (Å²) in [4.78, 5) is 25.2. The van der Waals surface area contributed by atoms with Crippen LogP contribution in [0.15, 0.2) is 72.8 Å². The number of methoxy groups -OCH3 is 1. The number of carbonyl (C=O) groups excluding carboxylic acids is 2. The Balaban J connectivity index is 1.75. The molecule has 0 aliphatic carbocycles. The summed E-state index contributed by atoms with van der Waals surface area (Å²) in [6, 6.07) is 21.0. The molecule has 5 nitrogen and oxygen atoms in total. The van der Waals surface area contributed by atoms with E-state index in [1.807, 2.05) is 30.3 Å². The van der Waals surface area contributed by atoms with Crippen molar-refractivity contribution in [3.05, 3.63) is 94.5 Å². The van der Waals surface area contributed by atoms with Crippen LogP contribution < -0.4 is 15.4 Å². The summed E-state index contributed by atoms with van der Waals surface area (Å²) in [7, 11) is 1.56. The zero-order valence-electron chi connectivity index (χ0n) is 15.2. The molecule has 0 aliphatic heterocycles. The van der Waals surface area contributed by atoms with Gasteiger partial charge in [0, 0.05) is 17.1 Å². The minimum atomic E-state index is -0.331. The van der Waals surface area contributed by atoms with E-state index < -0.39 is 0 Å². The van der Waals surface area contributed by atoms with E-state index >= 15 is 0 Å². The molecule has 3 rings (SSSR count). The molecule has 0 heterocycles. The summed E-state index contributed by atoms with van der Waals surface area (Å²) in [5.74, 6) is 0.00231. The van der Waals surface area contributed by atoms with Crippen LogP contribution in [0.5, 0.6) is 5.75 Å². The summed E-state index contributed by atoms with van der Waals surface area (Å²) >= 11 is 6.06. The molecule has 28 heavy (non-hydrogen) atoms. The molecule has 0 saturated heterocycles. The van der Waals surface area contributed by atoms with Crippen LogP contribution in [0.2, 0.25) is 5.02 Å². The molecule has 0 bridgehead atoms. The number of hydrogen-bond acceptors (Lipinski definition) is 3. The van der Waals surface area contributed by atoms with Gasteiger partial charge in [-0.25, -0.2) is 0 Å². The molecule has 6 heteroatoms. The predicted octanol–water partition coefficient (Wildman–Crippen LogP) is 4.53. The van der Waals surface area contributed by atoms with E-state index in [9.17, 15) is 9.59 Å². The Kier molecular flexibility index (Phi) is 6.29. The van der Waals surface area contributed by atoms with Crippen molar-refractivity contribution in [2.45, 2.75) is 6.54 Å². The van der Waals surface area contributed by atoms with Gasteiger partial charge in [0.05, 0.1) is 18.4 Å². The molecule has 142 valence electrons. The summed E-state index contributed by atoms with van der Waals surface area (Å²) < 4.78 is 5.10. The maximum Gasteiger partial charge on any atom is 0.255 e. The normalized spacial score (nSPS) is 10.2. The summed E-state index contributed by atoms with van der Waals surface area (Å²) in [6.07, 6.45) is 0. The van der Waals surface area contributed by atoms with Crippen molar-refractivity contribution in [1.82, 2.24) is 5.32 Å². The quantitative estimate of drug-likeness (QED) is 0.645. The lowest BCUT2D eigenvalue weighted by atomic mass is 10.1. The number of ether oxygens (including phenoxy) is 1. The van der Waals surface area contributed by atoms with Gasteiger partial charge in [-0.15, -0.1) is 0 Å². The average molecular weight is 395 g/mol. The second-order valence-corrected chi connectivity index (χ2v) is 6.48. The van der Waals surface area contributed by atoms with Crippen LogP contribution in [-0.2, 0) is 6.54 Å². The first-order chi connectivity index (χ1) is 13.6. The van der Waals surface area contributed by atoms with E-state index in [-0.39, 0.29) is 11.8 Å². The van der Waals surface area contributed by atoms with Crippen LogP contribution in [0.25, 0.3) is 0 Å². The molecular weight excluding hydrogens is 376 g/mol. The maximum absolute atomic E-state index is 12.7. The van der Waals surface area contributed by atoms with Gasteiger partial charge in [-0.05, 0) is 48.0 Å². The van der Waals surface area contributed by atoms with Gasteiger partial charge < -0.3 is 15.4 Å². The van der Waals surface area contributed by atoms with Crippen molar-refractivity contribution >= 4 is 29.1 Å². The molecule has 3 aromatic rings. The summed E-state index contributed by atoms with van der Waals surface area (Å²) in [6.45, 7) is 0.373. The molecule has 0 aromatic heterocycles. The fourth-order valence-corrected chi connectivity index (χ4v) is 2.80. The van der Waals surface area contributed by atoms with E-state index in [4.69, 9.17) is 16.3 Å². The standard InChI is InChI=1S/C22H19ClN2O3/c1-28-18-10-7-16(8-11-18)21(26)25-20-12-9-17(23)13-19(20)22(27)24-14-15-5-3-2-4-6-15/h2-13H,14H2,1H3,(H,24,27)(H,25,26). The van der Waals surface area contributed by atoms with Gasteiger partial charge in [0.2, 0.25) is 0 Å². The van der Waals surface area contributed by atoms with E-state index in [0.717, 1.165) is 5.56 Å². The van der Waals surface area contributed by atoms with Gasteiger partial charge in [-0.3, -0.25) is 9.59 Å². The zero-order valence-corrected chi connectivity index (χ0v) is 16.0. The highest BCUT2D eigenvalue weighted by Crippen LogP contribution is 2.22. The number of rotatable bonds is 6. The Hall–Kier alpha value is -3.31. The van der Waals surface area contributed by atoms with E-state index in [0.29, 0.717) is 34.1 Å². The van der Waals surface area contributed by atoms with Crippen LogP contribution >= 0.6 is 11.6 Å². The predicted molar refractivity (Wildman–Crippen MR) is 110 cm³/mol. The number of nitrogens with one attached hydrogen (secondary N) is 2. The third kappa shape index (κ3) is 4.90. The molecular formula is C22H19ClN2O3. The molecule has 3 aromatic carbocycles. The van der Waals surface area contributed by atoms with Crippen LogP contribution in [0.1, 0.15) is 26.3 Å². The van der Waals surface area contributed by atoms with Crippen LogP contribution in [0, 0.1) is 0 Å². The van der Waals surface area contributed by atoms with Gasteiger partial charge in [0.15, 0.2) is 0 Å². The SMILES string of the molecule is COc1ccc(C(=O)Nc2ccc(Cl)cc2C(=O)NCc2ccccc2)cc1. The minimum absolute atomic E-state index is 0.297. The lowest BCUT2D eigenvalue weighted by molar-refractivity contribution is 0.0952. The average Bonchev–Trinajstić information content (AvgIpc) is 2.74. The first-order valence-electron chi connectivity index (χ1n) is 8.64. The molecule has 0 aliphatic rings. The first-order valence-corrected chi connectivity index (χ1v) is 9.01. The molecule has 2 amide bonds. The highest BCUT2D eigenvalue weighted by atomic mass is 35.5. The number of anilines is 1. The second-order valence-electron chi connectivity index (χ2n) is 6.04. The number of carbonyl (C=O) groups is 2. The highest BCUT2D eigenvalue weighted by molar-refractivity contribution is 6.31. The number of benzene rings is 3. The Bertz CT molecular complexity index is 973. The zero-order chi connectivity index (χ0) is 19.9. The summed E-state index contributed by atoms with van der Waals surface area (Å²) in [5.41, 5.74) is 2.11. The number of halogens is 1. The van der Waals surface area contributed by atoms with Gasteiger partial charge in [-0.2, -0.15) is 0 Å². The minimum Gasteiger partial charge on any atom is -0.497 e. The van der Waals surface area contributed by atoms with Crippen LogP contribution in [0.3, 0.4) is 0 Å². The van der Waals surface area contributed by atoms with Gasteiger partial charge in [0.25, 0.3) is 11.8 Å². The van der Waals surface area contributed by atoms with Gasteiger partial charge in [0.1, 0.15) is 5.75 Å². The molecule has 0 radical (unpaired) electrons. The molecule has 0 unspecified atom stereocenters. The Labute approximate surface area is 168 Å². The van der Waals surface area contributed by atoms with Crippen LogP contribution in [-0.4, -0.2) is 18.9 Å². The van der Waals surface area contributed by atoms with Crippen LogP contribution in [0.4, 0.5) is 5.69 Å². The largest absolute Gasteiger partial charge is 0.497 e. The van der Waals surface area contributed by atoms with E-state index in [1.165, 1.54) is 6.07 Å². The number of amides is 2. The lowest BCUT2D eigenvalue weighted by Gasteiger charge is -2.12. The fourth-order valence-electron chi connectivity index (χ4n) is 2.62. The van der Waals surface area contributed by atoms with Gasteiger partial charge >= 0.3 is 0 Å². The number of hydrogen-bond donors (Lipinski definition) is 2. The maximum atomic E-state index is 12.7.